The molecule has 0 aromatic carbocycles. The molecule has 21 heavy (non-hydrogen) atoms. The smallest absolute Gasteiger partial charge is 0.203 e. The molecule has 0 bridgehead atoms. The van der Waals surface area contributed by atoms with Gasteiger partial charge in [-0.2, -0.15) is 39.2 Å². The molecule has 0 spiro atoms. The minimum absolute atomic E-state index is 3.63. The van der Waals surface area contributed by atoms with Crippen molar-refractivity contribution in [2.75, 3.05) is 0 Å². The first-order valence-corrected chi connectivity index (χ1v) is 6.79. The normalized spacial score (nSPS) is 15.8. The number of nitrogens with zero attached hydrogens (tertiary/aromatic N) is 1. The second-order valence-corrected chi connectivity index (χ2v) is 6.80. The van der Waals surface area contributed by atoms with E-state index in [4.69, 9.17) is 0 Å². The Bertz CT molecular complexity index is 591. The summed E-state index contributed by atoms with van der Waals surface area (Å²) in [7, 11) is -15.7. The minimum Gasteiger partial charge on any atom is -0.203 e. The Morgan fingerprint density at radius 2 is 1.10 bits per heavy atom. The lowest BCUT2D eigenvalue weighted by molar-refractivity contribution is -0.227. The Kier molecular flexibility index (Phi) is 4.91. The van der Waals surface area contributed by atoms with Crippen molar-refractivity contribution in [1.82, 2.24) is 3.93 Å². The molecule has 0 saturated heterocycles. The van der Waals surface area contributed by atoms with E-state index >= 15 is 0 Å². The molecule has 0 N–H and O–H groups in total. The van der Waals surface area contributed by atoms with Crippen LogP contribution in [-0.2, 0) is 20.0 Å². The average molecular weight is 381 g/mol. The van der Waals surface area contributed by atoms with Crippen molar-refractivity contribution in [3.63, 3.8) is 0 Å². The van der Waals surface area contributed by atoms with Gasteiger partial charge < -0.3 is 0 Å². The Morgan fingerprint density at radius 3 is 1.33 bits per heavy atom. The van der Waals surface area contributed by atoms with Crippen molar-refractivity contribution in [2.45, 2.75) is 23.1 Å². The van der Waals surface area contributed by atoms with Crippen LogP contribution < -0.4 is 0 Å². The Labute approximate surface area is 109 Å². The van der Waals surface area contributed by atoms with E-state index in [-0.39, 0.29) is 0 Å². The third-order valence-corrected chi connectivity index (χ3v) is 5.10. The predicted octanol–water partition coefficient (Wildman–Crippen LogP) is 1.85. The summed E-state index contributed by atoms with van der Waals surface area (Å²) >= 11 is 0. The van der Waals surface area contributed by atoms with Crippen LogP contribution in [0.25, 0.3) is 0 Å². The van der Waals surface area contributed by atoms with Crippen molar-refractivity contribution >= 4 is 20.0 Å². The van der Waals surface area contributed by atoms with E-state index < -0.39 is 47.1 Å². The van der Waals surface area contributed by atoms with Gasteiger partial charge in [0.05, 0.1) is 3.93 Å². The van der Waals surface area contributed by atoms with E-state index in [1.807, 2.05) is 0 Å². The van der Waals surface area contributed by atoms with Gasteiger partial charge >= 0.3 is 43.2 Å². The van der Waals surface area contributed by atoms with Gasteiger partial charge in [-0.1, -0.05) is 0 Å². The molecule has 0 rings (SSSR count). The van der Waals surface area contributed by atoms with Crippen LogP contribution in [0.15, 0.2) is 0 Å². The maximum atomic E-state index is 12.7. The molecule has 0 aromatic heterocycles. The van der Waals surface area contributed by atoms with Gasteiger partial charge in [-0.25, -0.2) is 17.2 Å². The zero-order valence-electron chi connectivity index (χ0n) is 8.75. The Hall–Kier alpha value is -0.840. The van der Waals surface area contributed by atoms with E-state index in [2.05, 4.69) is 0 Å². The molecule has 0 fully saturated rings. The zero-order chi connectivity index (χ0) is 17.7. The molecule has 0 saturated carbocycles. The van der Waals surface area contributed by atoms with Crippen molar-refractivity contribution in [1.29, 1.82) is 0 Å². The number of rotatable bonds is 5. The van der Waals surface area contributed by atoms with Crippen molar-refractivity contribution in [3.8, 4) is 0 Å². The predicted molar refractivity (Wildman–Crippen MR) is 42.7 cm³/mol. The molecule has 0 unspecified atom stereocenters. The summed E-state index contributed by atoms with van der Waals surface area (Å²) in [4.78, 5) is 0. The van der Waals surface area contributed by atoms with Gasteiger partial charge in [-0.3, -0.25) is 0 Å². The van der Waals surface area contributed by atoms with Crippen LogP contribution in [0.1, 0.15) is 0 Å². The van der Waals surface area contributed by atoms with Crippen LogP contribution in [0.4, 0.5) is 44.0 Å². The highest BCUT2D eigenvalue weighted by atomic mass is 32.3. The average Bonchev–Trinajstić information content (AvgIpc) is 2.25. The van der Waals surface area contributed by atoms with E-state index in [1.54, 1.807) is 0 Å². The fraction of sp³-hybridized carbons (Fsp3) is 1.00. The summed E-state index contributed by atoms with van der Waals surface area (Å²) < 4.78 is 159. The van der Waals surface area contributed by atoms with E-state index in [9.17, 15) is 60.8 Å². The van der Waals surface area contributed by atoms with Crippen molar-refractivity contribution in [2.24, 2.45) is 0 Å². The van der Waals surface area contributed by atoms with Crippen molar-refractivity contribution in [3.05, 3.63) is 0 Å². The van der Waals surface area contributed by atoms with Crippen LogP contribution in [-0.4, -0.2) is 43.9 Å². The van der Waals surface area contributed by atoms with Gasteiger partial charge in [0, 0.05) is 0 Å². The number of sulfonamides is 2. The quantitative estimate of drug-likeness (QED) is 0.538. The summed E-state index contributed by atoms with van der Waals surface area (Å²) in [6, 6.07) is 0. The highest BCUT2D eigenvalue weighted by molar-refractivity contribution is 8.04. The molecular formula is C4HF10NO4S2. The molecule has 0 aliphatic carbocycles. The standard InChI is InChI=1S/C4HF10NO4S2/c5-1(6)2(7,8)3(9,10)20(16,17)15(14)21(18,19)4(11,12)13/h1H. The molecular weight excluding hydrogens is 380 g/mol. The lowest BCUT2D eigenvalue weighted by Gasteiger charge is -2.26. The molecule has 5 nitrogen and oxygen atoms in total. The van der Waals surface area contributed by atoms with Crippen LogP contribution >= 0.6 is 0 Å². The van der Waals surface area contributed by atoms with Crippen LogP contribution in [0.2, 0.25) is 0 Å². The summed E-state index contributed by atoms with van der Waals surface area (Å²) in [6.45, 7) is 0. The van der Waals surface area contributed by atoms with Gasteiger partial charge in [0.1, 0.15) is 0 Å². The van der Waals surface area contributed by atoms with E-state index in [0.29, 0.717) is 0 Å². The van der Waals surface area contributed by atoms with Gasteiger partial charge in [0.25, 0.3) is 0 Å². The topological polar surface area (TPSA) is 71.5 Å². The van der Waals surface area contributed by atoms with Gasteiger partial charge in [-0.05, 0) is 0 Å². The second kappa shape index (κ2) is 5.11. The maximum absolute atomic E-state index is 12.7. The molecule has 0 aliphatic rings. The highest BCUT2D eigenvalue weighted by Gasteiger charge is 2.75. The lowest BCUT2D eigenvalue weighted by Crippen LogP contribution is -2.57. The summed E-state index contributed by atoms with van der Waals surface area (Å²) in [5, 5.41) is -7.18. The van der Waals surface area contributed by atoms with Gasteiger partial charge in [0.2, 0.25) is 0 Å². The number of hydrogen-bond donors (Lipinski definition) is 0. The Morgan fingerprint density at radius 1 is 0.762 bits per heavy atom. The SMILES string of the molecule is O=S(=O)(N(F)S(=O)(=O)C(F)(F)C(F)(F)C(F)F)C(F)(F)F. The summed E-state index contributed by atoms with van der Waals surface area (Å²) in [6.07, 6.45) is -5.45. The van der Waals surface area contributed by atoms with E-state index in [0.717, 1.165) is 0 Å². The van der Waals surface area contributed by atoms with Crippen LogP contribution in [0, 0.1) is 0 Å². The van der Waals surface area contributed by atoms with Crippen LogP contribution in [0.5, 0.6) is 0 Å². The fourth-order valence-electron chi connectivity index (χ4n) is 0.600. The van der Waals surface area contributed by atoms with Gasteiger partial charge in [-0.15, -0.1) is 4.48 Å². The maximum Gasteiger partial charge on any atom is 0.515 e. The zero-order valence-corrected chi connectivity index (χ0v) is 10.4. The van der Waals surface area contributed by atoms with Crippen LogP contribution in [0.3, 0.4) is 0 Å². The molecule has 17 heteroatoms. The highest BCUT2D eigenvalue weighted by Crippen LogP contribution is 2.46. The largest absolute Gasteiger partial charge is 0.515 e. The minimum atomic E-state index is -7.99. The molecule has 0 atom stereocenters. The monoisotopic (exact) mass is 381 g/mol. The Balaban J connectivity index is 6.16. The molecule has 0 aliphatic heterocycles. The molecule has 0 radical (unpaired) electrons. The number of alkyl halides is 9. The molecule has 128 valence electrons. The molecule has 0 amide bonds. The second-order valence-electron chi connectivity index (χ2n) is 3.05. The number of halogens is 10. The number of hydrogen-bond acceptors (Lipinski definition) is 4. The third-order valence-electron chi connectivity index (χ3n) is 1.66. The lowest BCUT2D eigenvalue weighted by atomic mass is 10.4. The third kappa shape index (κ3) is 2.89. The first-order valence-electron chi connectivity index (χ1n) is 3.91. The first-order chi connectivity index (χ1) is 8.85. The summed E-state index contributed by atoms with van der Waals surface area (Å²) in [5.41, 5.74) is -6.81. The molecule has 0 heterocycles. The molecule has 0 aromatic rings. The van der Waals surface area contributed by atoms with Gasteiger partial charge in [0.15, 0.2) is 0 Å². The van der Waals surface area contributed by atoms with E-state index in [1.165, 1.54) is 0 Å². The fourth-order valence-corrected chi connectivity index (χ4v) is 2.94. The summed E-state index contributed by atoms with van der Waals surface area (Å²) in [5.74, 6) is -6.86. The van der Waals surface area contributed by atoms with Crippen molar-refractivity contribution < 1.29 is 60.8 Å². The first kappa shape index (κ1) is 20.2.